The van der Waals surface area contributed by atoms with Crippen molar-refractivity contribution in [2.75, 3.05) is 17.4 Å². The number of rotatable bonds is 13. The minimum atomic E-state index is -4.76. The highest BCUT2D eigenvalue weighted by atomic mass is 32.2. The molecule has 0 saturated heterocycles. The van der Waals surface area contributed by atoms with Crippen molar-refractivity contribution in [1.29, 1.82) is 0 Å². The molecular formula is C37H40F3N3O4S. The molecule has 0 unspecified atom stereocenters. The molecule has 4 aromatic carbocycles. The van der Waals surface area contributed by atoms with E-state index >= 15 is 0 Å². The van der Waals surface area contributed by atoms with Crippen molar-refractivity contribution >= 4 is 27.5 Å². The molecule has 0 fully saturated rings. The maximum atomic E-state index is 14.5. The molecular weight excluding hydrogens is 639 g/mol. The van der Waals surface area contributed by atoms with E-state index in [0.717, 1.165) is 28.8 Å². The van der Waals surface area contributed by atoms with E-state index in [-0.39, 0.29) is 29.5 Å². The van der Waals surface area contributed by atoms with Gasteiger partial charge in [0.25, 0.3) is 10.0 Å². The van der Waals surface area contributed by atoms with Gasteiger partial charge in [0.15, 0.2) is 0 Å². The predicted octanol–water partition coefficient (Wildman–Crippen LogP) is 6.93. The normalized spacial score (nSPS) is 12.4. The maximum absolute atomic E-state index is 14.5. The molecule has 4 rings (SSSR count). The van der Waals surface area contributed by atoms with Crippen LogP contribution in [0, 0.1) is 19.8 Å². The number of alkyl halides is 3. The van der Waals surface area contributed by atoms with Crippen LogP contribution in [0.1, 0.15) is 41.7 Å². The van der Waals surface area contributed by atoms with Gasteiger partial charge in [-0.2, -0.15) is 13.2 Å². The molecule has 0 aromatic heterocycles. The molecule has 2 amide bonds. The summed E-state index contributed by atoms with van der Waals surface area (Å²) in [5, 5.41) is 2.92. The fourth-order valence-corrected chi connectivity index (χ4v) is 6.59. The van der Waals surface area contributed by atoms with Crippen molar-refractivity contribution in [3.8, 4) is 0 Å². The van der Waals surface area contributed by atoms with Gasteiger partial charge in [0, 0.05) is 19.5 Å². The van der Waals surface area contributed by atoms with Crippen molar-refractivity contribution in [3.63, 3.8) is 0 Å². The molecule has 0 saturated carbocycles. The van der Waals surface area contributed by atoms with Gasteiger partial charge in [0.1, 0.15) is 12.6 Å². The highest BCUT2D eigenvalue weighted by Gasteiger charge is 2.36. The lowest BCUT2D eigenvalue weighted by atomic mass is 10.0. The zero-order valence-electron chi connectivity index (χ0n) is 27.4. The van der Waals surface area contributed by atoms with Crippen LogP contribution >= 0.6 is 0 Å². The van der Waals surface area contributed by atoms with Gasteiger partial charge >= 0.3 is 6.18 Å². The Morgan fingerprint density at radius 3 is 2.06 bits per heavy atom. The number of aryl methyl sites for hydroxylation is 2. The van der Waals surface area contributed by atoms with Crippen LogP contribution in [-0.2, 0) is 38.8 Å². The summed E-state index contributed by atoms with van der Waals surface area (Å²) in [5.74, 6) is -1.07. The Kier molecular flexibility index (Phi) is 11.7. The van der Waals surface area contributed by atoms with Gasteiger partial charge in [0.05, 0.1) is 16.1 Å². The molecule has 11 heteroatoms. The first-order valence-electron chi connectivity index (χ1n) is 15.6. The van der Waals surface area contributed by atoms with E-state index in [9.17, 15) is 31.2 Å². The van der Waals surface area contributed by atoms with Crippen molar-refractivity contribution in [3.05, 3.63) is 131 Å². The van der Waals surface area contributed by atoms with Crippen LogP contribution in [0.2, 0.25) is 0 Å². The van der Waals surface area contributed by atoms with E-state index in [1.54, 1.807) is 25.1 Å². The first kappa shape index (κ1) is 36.2. The van der Waals surface area contributed by atoms with Crippen LogP contribution in [-0.4, -0.2) is 44.3 Å². The number of carbonyl (C=O) groups is 2. The minimum Gasteiger partial charge on any atom is -0.354 e. The molecule has 0 bridgehead atoms. The molecule has 48 heavy (non-hydrogen) atoms. The van der Waals surface area contributed by atoms with Crippen LogP contribution in [0.5, 0.6) is 0 Å². The fraction of sp³-hybridized carbons (Fsp3) is 0.297. The summed E-state index contributed by atoms with van der Waals surface area (Å²) in [6, 6.07) is 25.1. The molecule has 4 aromatic rings. The van der Waals surface area contributed by atoms with Gasteiger partial charge in [-0.05, 0) is 61.2 Å². The van der Waals surface area contributed by atoms with E-state index < -0.39 is 46.2 Å². The number of carbonyl (C=O) groups excluding carboxylic acids is 2. The number of nitrogens with zero attached hydrogens (tertiary/aromatic N) is 2. The summed E-state index contributed by atoms with van der Waals surface area (Å²) in [5.41, 5.74) is 1.75. The second-order valence-corrected chi connectivity index (χ2v) is 14.1. The Hall–Kier alpha value is -4.64. The topological polar surface area (TPSA) is 86.8 Å². The van der Waals surface area contributed by atoms with Gasteiger partial charge in [0.2, 0.25) is 11.8 Å². The highest BCUT2D eigenvalue weighted by molar-refractivity contribution is 7.92. The number of amides is 2. The van der Waals surface area contributed by atoms with E-state index in [1.165, 1.54) is 23.1 Å². The van der Waals surface area contributed by atoms with Crippen LogP contribution in [0.25, 0.3) is 0 Å². The molecule has 1 N–H and O–H groups in total. The average Bonchev–Trinajstić information content (AvgIpc) is 3.04. The third-order valence-electron chi connectivity index (χ3n) is 7.74. The molecule has 0 heterocycles. The lowest BCUT2D eigenvalue weighted by molar-refractivity contribution is -0.140. The quantitative estimate of drug-likeness (QED) is 0.166. The van der Waals surface area contributed by atoms with Crippen LogP contribution in [0.15, 0.2) is 108 Å². The second kappa shape index (κ2) is 15.5. The summed E-state index contributed by atoms with van der Waals surface area (Å²) < 4.78 is 70.4. The Bertz CT molecular complexity index is 1810. The Morgan fingerprint density at radius 1 is 0.792 bits per heavy atom. The van der Waals surface area contributed by atoms with Crippen molar-refractivity contribution in [1.82, 2.24) is 10.2 Å². The van der Waals surface area contributed by atoms with Gasteiger partial charge in [-0.1, -0.05) is 97.8 Å². The summed E-state index contributed by atoms with van der Waals surface area (Å²) in [7, 11) is -4.55. The largest absolute Gasteiger partial charge is 0.416 e. The zero-order chi connectivity index (χ0) is 35.1. The van der Waals surface area contributed by atoms with Crippen molar-refractivity contribution < 1.29 is 31.2 Å². The smallest absolute Gasteiger partial charge is 0.354 e. The minimum absolute atomic E-state index is 0.0475. The molecule has 0 spiro atoms. The maximum Gasteiger partial charge on any atom is 0.416 e. The molecule has 7 nitrogen and oxygen atoms in total. The van der Waals surface area contributed by atoms with Gasteiger partial charge < -0.3 is 10.2 Å². The first-order chi connectivity index (χ1) is 22.6. The number of hydrogen-bond acceptors (Lipinski definition) is 4. The van der Waals surface area contributed by atoms with E-state index in [4.69, 9.17) is 0 Å². The monoisotopic (exact) mass is 679 g/mol. The highest BCUT2D eigenvalue weighted by Crippen LogP contribution is 2.33. The molecule has 0 aliphatic carbocycles. The lowest BCUT2D eigenvalue weighted by Gasteiger charge is -2.34. The van der Waals surface area contributed by atoms with Crippen molar-refractivity contribution in [2.45, 2.75) is 57.8 Å². The third kappa shape index (κ3) is 9.47. The Morgan fingerprint density at radius 2 is 1.44 bits per heavy atom. The lowest BCUT2D eigenvalue weighted by Crippen LogP contribution is -2.53. The third-order valence-corrected chi connectivity index (χ3v) is 9.53. The molecule has 0 radical (unpaired) electrons. The molecule has 254 valence electrons. The zero-order valence-corrected chi connectivity index (χ0v) is 28.2. The Labute approximate surface area is 280 Å². The van der Waals surface area contributed by atoms with Gasteiger partial charge in [-0.15, -0.1) is 0 Å². The number of nitrogens with one attached hydrogen (secondary N) is 1. The fourth-order valence-electron chi connectivity index (χ4n) is 5.19. The van der Waals surface area contributed by atoms with E-state index in [0.29, 0.717) is 22.5 Å². The van der Waals surface area contributed by atoms with Crippen LogP contribution in [0.3, 0.4) is 0 Å². The summed E-state index contributed by atoms with van der Waals surface area (Å²) in [4.78, 5) is 29.5. The number of benzene rings is 4. The average molecular weight is 680 g/mol. The Balaban J connectivity index is 1.84. The summed E-state index contributed by atoms with van der Waals surface area (Å²) >= 11 is 0. The van der Waals surface area contributed by atoms with Gasteiger partial charge in [-0.25, -0.2) is 8.42 Å². The van der Waals surface area contributed by atoms with E-state index in [2.05, 4.69) is 5.32 Å². The van der Waals surface area contributed by atoms with E-state index in [1.807, 2.05) is 69.3 Å². The van der Waals surface area contributed by atoms with Crippen LogP contribution < -0.4 is 9.62 Å². The number of anilines is 1. The SMILES string of the molecule is Cc1ccc(S(=O)(=O)N(CC(=O)N(Cc2cccc(C)c2)[C@@H](Cc2ccccc2)C(=O)NCC(C)C)c2cccc(C(F)(F)F)c2)cc1. The molecule has 0 aliphatic heterocycles. The molecule has 0 aliphatic rings. The number of sulfonamides is 1. The predicted molar refractivity (Wildman–Crippen MR) is 181 cm³/mol. The van der Waals surface area contributed by atoms with Crippen LogP contribution in [0.4, 0.5) is 18.9 Å². The number of halogens is 3. The van der Waals surface area contributed by atoms with Gasteiger partial charge in [-0.3, -0.25) is 13.9 Å². The summed E-state index contributed by atoms with van der Waals surface area (Å²) in [6.07, 6.45) is -4.64. The van der Waals surface area contributed by atoms with Crippen molar-refractivity contribution in [2.24, 2.45) is 5.92 Å². The second-order valence-electron chi connectivity index (χ2n) is 12.2. The molecule has 1 atom stereocenters. The summed E-state index contributed by atoms with van der Waals surface area (Å²) in [6.45, 7) is 6.96. The standard InChI is InChI=1S/C37H40F3N3O4S/c1-26(2)23-41-36(45)34(21-29-11-6-5-7-12-29)42(24-30-13-8-10-28(4)20-30)35(44)25-43(32-15-9-14-31(22-32)37(38,39)40)48(46,47)33-18-16-27(3)17-19-33/h5-20,22,26,34H,21,23-25H2,1-4H3,(H,41,45)/t34-/m0/s1. The number of hydrogen-bond donors (Lipinski definition) is 1. The first-order valence-corrected chi connectivity index (χ1v) is 17.0.